The molecule has 0 atom stereocenters. The summed E-state index contributed by atoms with van der Waals surface area (Å²) in [6.45, 7) is 10.6. The molecule has 4 nitrogen and oxygen atoms in total. The van der Waals surface area contributed by atoms with Crippen molar-refractivity contribution in [3.05, 3.63) is 60.2 Å². The highest BCUT2D eigenvalue weighted by Gasteiger charge is 2.24. The molecule has 1 heterocycles. The first-order valence-electron chi connectivity index (χ1n) is 9.76. The van der Waals surface area contributed by atoms with Gasteiger partial charge in [0.25, 0.3) is 0 Å². The molecule has 1 N–H and O–H groups in total. The summed E-state index contributed by atoms with van der Waals surface area (Å²) < 4.78 is 0. The Kier molecular flexibility index (Phi) is 5.64. The van der Waals surface area contributed by atoms with Crippen LogP contribution in [0.15, 0.2) is 49.1 Å². The van der Waals surface area contributed by atoms with Crippen molar-refractivity contribution < 1.29 is 5.11 Å². The van der Waals surface area contributed by atoms with Crippen LogP contribution in [0.3, 0.4) is 0 Å². The van der Waals surface area contributed by atoms with Crippen molar-refractivity contribution in [2.45, 2.75) is 58.3 Å². The van der Waals surface area contributed by atoms with Crippen LogP contribution in [0.5, 0.6) is 5.75 Å². The van der Waals surface area contributed by atoms with Crippen molar-refractivity contribution in [3.63, 3.8) is 0 Å². The van der Waals surface area contributed by atoms with Crippen LogP contribution in [0.4, 0.5) is 0 Å². The first-order valence-corrected chi connectivity index (χ1v) is 9.76. The Morgan fingerprint density at radius 2 is 1.78 bits per heavy atom. The second kappa shape index (κ2) is 7.95. The second-order valence-electron chi connectivity index (χ2n) is 7.82. The SMILES string of the molecule is C=CCc1cc(C(C)(C)CCCCC)cc(-n2nc3ccccc3n2)c1O. The van der Waals surface area contributed by atoms with Crippen molar-refractivity contribution >= 4 is 11.0 Å². The lowest BCUT2D eigenvalue weighted by Crippen LogP contribution is -2.18. The average Bonchev–Trinajstić information content (AvgIpc) is 3.07. The molecule has 0 fully saturated rings. The van der Waals surface area contributed by atoms with Gasteiger partial charge in [0.1, 0.15) is 22.5 Å². The van der Waals surface area contributed by atoms with Crippen molar-refractivity contribution in [2.75, 3.05) is 0 Å². The molecule has 0 saturated carbocycles. The molecule has 0 radical (unpaired) electrons. The molecular formula is C23H29N3O. The third kappa shape index (κ3) is 4.05. The van der Waals surface area contributed by atoms with Gasteiger partial charge in [0.2, 0.25) is 0 Å². The number of allylic oxidation sites excluding steroid dienone is 1. The molecule has 0 spiro atoms. The van der Waals surface area contributed by atoms with Crippen LogP contribution >= 0.6 is 0 Å². The summed E-state index contributed by atoms with van der Waals surface area (Å²) in [6, 6.07) is 11.9. The van der Waals surface area contributed by atoms with Gasteiger partial charge in [-0.05, 0) is 42.0 Å². The first-order chi connectivity index (χ1) is 13.0. The largest absolute Gasteiger partial charge is 0.505 e. The smallest absolute Gasteiger partial charge is 0.146 e. The Bertz CT molecular complexity index is 907. The molecule has 0 unspecified atom stereocenters. The van der Waals surface area contributed by atoms with Crippen molar-refractivity contribution in [3.8, 4) is 11.4 Å². The molecule has 27 heavy (non-hydrogen) atoms. The summed E-state index contributed by atoms with van der Waals surface area (Å²) in [6.07, 6.45) is 7.17. The Balaban J connectivity index is 2.09. The lowest BCUT2D eigenvalue weighted by molar-refractivity contribution is 0.442. The zero-order valence-corrected chi connectivity index (χ0v) is 16.6. The van der Waals surface area contributed by atoms with Gasteiger partial charge >= 0.3 is 0 Å². The van der Waals surface area contributed by atoms with Crippen LogP contribution in [-0.4, -0.2) is 20.1 Å². The molecule has 0 aliphatic carbocycles. The van der Waals surface area contributed by atoms with E-state index in [0.717, 1.165) is 23.0 Å². The van der Waals surface area contributed by atoms with Gasteiger partial charge in [-0.3, -0.25) is 0 Å². The zero-order valence-electron chi connectivity index (χ0n) is 16.6. The topological polar surface area (TPSA) is 50.9 Å². The monoisotopic (exact) mass is 363 g/mol. The standard InChI is InChI=1S/C23H29N3O/c1-5-7-10-14-23(3,4)18-15-17(11-6-2)22(27)21(16-18)26-24-19-12-8-9-13-20(19)25-26/h6,8-9,12-13,15-16,27H,2,5,7,10-11,14H2,1,3-4H3. The number of phenolic OH excluding ortho intramolecular Hbond substituents is 1. The van der Waals surface area contributed by atoms with E-state index in [9.17, 15) is 5.11 Å². The van der Waals surface area contributed by atoms with Crippen LogP contribution in [0.25, 0.3) is 16.7 Å². The number of hydrogen-bond donors (Lipinski definition) is 1. The summed E-state index contributed by atoms with van der Waals surface area (Å²) in [5, 5.41) is 20.0. The highest BCUT2D eigenvalue weighted by Crippen LogP contribution is 2.36. The number of fused-ring (bicyclic) bond motifs is 1. The van der Waals surface area contributed by atoms with Crippen LogP contribution in [0, 0.1) is 0 Å². The lowest BCUT2D eigenvalue weighted by Gasteiger charge is -2.27. The summed E-state index contributed by atoms with van der Waals surface area (Å²) in [4.78, 5) is 1.55. The maximum Gasteiger partial charge on any atom is 0.146 e. The van der Waals surface area contributed by atoms with E-state index in [0.29, 0.717) is 12.1 Å². The molecule has 0 saturated heterocycles. The van der Waals surface area contributed by atoms with Crippen LogP contribution in [-0.2, 0) is 11.8 Å². The average molecular weight is 364 g/mol. The number of unbranched alkanes of at least 4 members (excludes halogenated alkanes) is 2. The minimum atomic E-state index is 0.0140. The van der Waals surface area contributed by atoms with E-state index in [1.165, 1.54) is 24.8 Å². The second-order valence-corrected chi connectivity index (χ2v) is 7.82. The van der Waals surface area contributed by atoms with Gasteiger partial charge in [-0.25, -0.2) is 0 Å². The number of hydrogen-bond acceptors (Lipinski definition) is 3. The summed E-state index contributed by atoms with van der Waals surface area (Å²) >= 11 is 0. The molecule has 142 valence electrons. The van der Waals surface area contributed by atoms with Crippen molar-refractivity contribution in [1.82, 2.24) is 15.0 Å². The highest BCUT2D eigenvalue weighted by atomic mass is 16.3. The Hall–Kier alpha value is -2.62. The summed E-state index contributed by atoms with van der Waals surface area (Å²) in [5.41, 5.74) is 4.33. The van der Waals surface area contributed by atoms with Gasteiger partial charge in [-0.1, -0.05) is 64.3 Å². The molecule has 0 aliphatic heterocycles. The van der Waals surface area contributed by atoms with Gasteiger partial charge in [-0.2, -0.15) is 0 Å². The van der Waals surface area contributed by atoms with E-state index in [1.807, 2.05) is 36.4 Å². The summed E-state index contributed by atoms with van der Waals surface area (Å²) in [7, 11) is 0. The third-order valence-corrected chi connectivity index (χ3v) is 5.22. The predicted molar refractivity (Wildman–Crippen MR) is 112 cm³/mol. The number of benzene rings is 2. The maximum atomic E-state index is 10.9. The number of rotatable bonds is 8. The molecule has 3 aromatic rings. The third-order valence-electron chi connectivity index (χ3n) is 5.22. The van der Waals surface area contributed by atoms with Crippen molar-refractivity contribution in [2.24, 2.45) is 0 Å². The van der Waals surface area contributed by atoms with Crippen molar-refractivity contribution in [1.29, 1.82) is 0 Å². The Morgan fingerprint density at radius 3 is 2.37 bits per heavy atom. The lowest BCUT2D eigenvalue weighted by atomic mass is 9.79. The molecule has 0 aliphatic rings. The fraction of sp³-hybridized carbons (Fsp3) is 0.391. The number of nitrogens with zero attached hydrogens (tertiary/aromatic N) is 3. The number of aromatic hydroxyl groups is 1. The van der Waals surface area contributed by atoms with Gasteiger partial charge in [-0.15, -0.1) is 21.6 Å². The van der Waals surface area contributed by atoms with Crippen LogP contribution < -0.4 is 0 Å². The van der Waals surface area contributed by atoms with E-state index < -0.39 is 0 Å². The Morgan fingerprint density at radius 1 is 1.11 bits per heavy atom. The molecular weight excluding hydrogens is 334 g/mol. The Labute approximate surface area is 161 Å². The van der Waals surface area contributed by atoms with Gasteiger partial charge in [0.15, 0.2) is 0 Å². The minimum Gasteiger partial charge on any atom is -0.505 e. The molecule has 4 heteroatoms. The number of phenols is 1. The minimum absolute atomic E-state index is 0.0140. The normalized spacial score (nSPS) is 11.8. The molecule has 3 rings (SSSR count). The van der Waals surface area contributed by atoms with E-state index >= 15 is 0 Å². The van der Waals surface area contributed by atoms with Gasteiger partial charge < -0.3 is 5.11 Å². The van der Waals surface area contributed by atoms with Crippen LogP contribution in [0.1, 0.15) is 57.6 Å². The molecule has 1 aromatic heterocycles. The predicted octanol–water partition coefficient (Wildman–Crippen LogP) is 5.71. The van der Waals surface area contributed by atoms with Crippen LogP contribution in [0.2, 0.25) is 0 Å². The number of aromatic nitrogens is 3. The molecule has 0 bridgehead atoms. The molecule has 0 amide bonds. The fourth-order valence-corrected chi connectivity index (χ4v) is 3.46. The fourth-order valence-electron chi connectivity index (χ4n) is 3.46. The van der Waals surface area contributed by atoms with E-state index in [1.54, 1.807) is 4.80 Å². The quantitative estimate of drug-likeness (QED) is 0.412. The van der Waals surface area contributed by atoms with E-state index in [2.05, 4.69) is 43.6 Å². The highest BCUT2D eigenvalue weighted by molar-refractivity contribution is 5.73. The van der Waals surface area contributed by atoms with Gasteiger partial charge in [0.05, 0.1) is 0 Å². The summed E-state index contributed by atoms with van der Waals surface area (Å²) in [5.74, 6) is 0.225. The first kappa shape index (κ1) is 19.2. The van der Waals surface area contributed by atoms with Gasteiger partial charge in [0, 0.05) is 5.56 Å². The van der Waals surface area contributed by atoms with E-state index in [-0.39, 0.29) is 11.2 Å². The zero-order chi connectivity index (χ0) is 19.4. The van der Waals surface area contributed by atoms with E-state index in [4.69, 9.17) is 0 Å². The maximum absolute atomic E-state index is 10.9. The molecule has 2 aromatic carbocycles.